The number of nitrogens with one attached hydrogen (secondary N) is 1. The average Bonchev–Trinajstić information content (AvgIpc) is 2.39. The predicted octanol–water partition coefficient (Wildman–Crippen LogP) is 3.36. The maximum absolute atomic E-state index is 15.2. The molecule has 3 atom stereocenters. The van der Waals surface area contributed by atoms with Crippen molar-refractivity contribution in [1.29, 1.82) is 0 Å². The highest BCUT2D eigenvalue weighted by atomic mass is 19.1. The molecule has 2 unspecified atom stereocenters. The van der Waals surface area contributed by atoms with Gasteiger partial charge in [0.1, 0.15) is 17.3 Å². The van der Waals surface area contributed by atoms with Crippen LogP contribution in [0.3, 0.4) is 0 Å². The number of alkyl halides is 1. The average molecular weight is 341 g/mol. The lowest BCUT2D eigenvalue weighted by atomic mass is 9.46. The Bertz CT molecular complexity index is 528. The van der Waals surface area contributed by atoms with Gasteiger partial charge in [0.15, 0.2) is 0 Å². The van der Waals surface area contributed by atoms with E-state index in [0.717, 1.165) is 19.3 Å². The van der Waals surface area contributed by atoms with Crippen LogP contribution in [0.25, 0.3) is 0 Å². The number of methoxy groups -OCH3 is 1. The molecule has 4 aliphatic rings. The second-order valence-electron chi connectivity index (χ2n) is 9.08. The van der Waals surface area contributed by atoms with E-state index in [2.05, 4.69) is 5.32 Å². The van der Waals surface area contributed by atoms with Crippen molar-refractivity contribution in [2.24, 2.45) is 17.3 Å². The van der Waals surface area contributed by atoms with Crippen LogP contribution >= 0.6 is 0 Å². The van der Waals surface area contributed by atoms with Crippen LogP contribution in [0.2, 0.25) is 0 Å². The van der Waals surface area contributed by atoms with Crippen LogP contribution in [-0.2, 0) is 14.3 Å². The number of rotatable bonds is 3. The Morgan fingerprint density at radius 1 is 1.17 bits per heavy atom. The van der Waals surface area contributed by atoms with Crippen LogP contribution in [0, 0.1) is 17.3 Å². The Hall–Kier alpha value is -1.33. The molecule has 1 N–H and O–H groups in total. The van der Waals surface area contributed by atoms with Crippen molar-refractivity contribution in [3.8, 4) is 0 Å². The third-order valence-electron chi connectivity index (χ3n) is 5.75. The summed E-state index contributed by atoms with van der Waals surface area (Å²) in [5.74, 6) is 0.0825. The number of carbonyl (C=O) groups is 2. The number of alkyl carbamates (subject to hydrolysis) is 1. The Kier molecular flexibility index (Phi) is 4.08. The van der Waals surface area contributed by atoms with E-state index in [-0.39, 0.29) is 0 Å². The van der Waals surface area contributed by atoms with Crippen LogP contribution in [0.1, 0.15) is 59.3 Å². The number of esters is 1. The molecule has 5 nitrogen and oxygen atoms in total. The number of ether oxygens (including phenoxy) is 2. The molecule has 0 aromatic carbocycles. The zero-order chi connectivity index (χ0) is 17.8. The zero-order valence-corrected chi connectivity index (χ0v) is 15.0. The van der Waals surface area contributed by atoms with Gasteiger partial charge in [-0.2, -0.15) is 0 Å². The molecule has 0 radical (unpaired) electrons. The lowest BCUT2D eigenvalue weighted by Gasteiger charge is -2.60. The zero-order valence-electron chi connectivity index (χ0n) is 15.0. The summed E-state index contributed by atoms with van der Waals surface area (Å²) in [5, 5.41) is 2.70. The third kappa shape index (κ3) is 3.24. The minimum atomic E-state index is -1.20. The molecular formula is C18H28FNO4. The highest BCUT2D eigenvalue weighted by Crippen LogP contribution is 2.64. The lowest BCUT2D eigenvalue weighted by Crippen LogP contribution is -2.63. The van der Waals surface area contributed by atoms with Gasteiger partial charge in [-0.15, -0.1) is 0 Å². The molecule has 6 heteroatoms. The molecule has 0 aromatic heterocycles. The van der Waals surface area contributed by atoms with Gasteiger partial charge in [0.25, 0.3) is 0 Å². The topological polar surface area (TPSA) is 64.6 Å². The van der Waals surface area contributed by atoms with E-state index in [9.17, 15) is 9.59 Å². The molecular weight excluding hydrogens is 313 g/mol. The van der Waals surface area contributed by atoms with Crippen LogP contribution in [0.4, 0.5) is 9.18 Å². The van der Waals surface area contributed by atoms with Crippen molar-refractivity contribution >= 4 is 12.1 Å². The van der Waals surface area contributed by atoms with E-state index in [1.165, 1.54) is 7.11 Å². The smallest absolute Gasteiger partial charge is 0.408 e. The monoisotopic (exact) mass is 341 g/mol. The highest BCUT2D eigenvalue weighted by Gasteiger charge is 2.62. The van der Waals surface area contributed by atoms with Crippen molar-refractivity contribution in [3.63, 3.8) is 0 Å². The molecule has 1 amide bonds. The first-order chi connectivity index (χ1) is 11.0. The first-order valence-electron chi connectivity index (χ1n) is 8.80. The van der Waals surface area contributed by atoms with Crippen LogP contribution in [0.5, 0.6) is 0 Å². The van der Waals surface area contributed by atoms with Gasteiger partial charge in [0.05, 0.1) is 7.11 Å². The number of hydrogen-bond donors (Lipinski definition) is 1. The SMILES string of the molecule is COC(=O)[C@@H](NC(=O)OC(C)(C)C)C12CC3CC(CC(F)(C3)C1)C2. The standard InChI is InChI=1S/C18H28FNO4/c1-16(2,3)24-15(22)20-13(14(21)23-4)17-6-11-5-12(7-17)9-18(19,8-11)10-17/h11-13H,5-10H2,1-4H3,(H,20,22)/t11?,12?,13-,17?,18?/m1/s1. The summed E-state index contributed by atoms with van der Waals surface area (Å²) in [4.78, 5) is 24.6. The van der Waals surface area contributed by atoms with Crippen molar-refractivity contribution < 1.29 is 23.5 Å². The normalized spacial score (nSPS) is 38.5. The first kappa shape index (κ1) is 17.5. The van der Waals surface area contributed by atoms with E-state index in [4.69, 9.17) is 9.47 Å². The van der Waals surface area contributed by atoms with Crippen molar-refractivity contribution in [2.75, 3.05) is 7.11 Å². The Morgan fingerprint density at radius 2 is 1.75 bits per heavy atom. The fourth-order valence-electron chi connectivity index (χ4n) is 5.56. The molecule has 0 aromatic rings. The van der Waals surface area contributed by atoms with Gasteiger partial charge in [-0.1, -0.05) is 0 Å². The van der Waals surface area contributed by atoms with Crippen LogP contribution in [-0.4, -0.2) is 36.5 Å². The highest BCUT2D eigenvalue weighted by molar-refractivity contribution is 5.82. The molecule has 4 bridgehead atoms. The molecule has 0 aliphatic heterocycles. The molecule has 0 saturated heterocycles. The summed E-state index contributed by atoms with van der Waals surface area (Å²) >= 11 is 0. The molecule has 24 heavy (non-hydrogen) atoms. The molecule has 136 valence electrons. The van der Waals surface area contributed by atoms with Gasteiger partial charge < -0.3 is 14.8 Å². The second kappa shape index (κ2) is 5.60. The summed E-state index contributed by atoms with van der Waals surface area (Å²) < 4.78 is 25.4. The fraction of sp³-hybridized carbons (Fsp3) is 0.889. The molecule has 0 spiro atoms. The minimum Gasteiger partial charge on any atom is -0.467 e. The van der Waals surface area contributed by atoms with Gasteiger partial charge in [0, 0.05) is 5.41 Å². The number of halogens is 1. The molecule has 4 rings (SSSR count). The van der Waals surface area contributed by atoms with Gasteiger partial charge in [-0.05, 0) is 71.1 Å². The quantitative estimate of drug-likeness (QED) is 0.800. The Balaban J connectivity index is 1.84. The van der Waals surface area contributed by atoms with Gasteiger partial charge in [-0.25, -0.2) is 14.0 Å². The number of carbonyl (C=O) groups excluding carboxylic acids is 2. The van der Waals surface area contributed by atoms with E-state index in [1.54, 1.807) is 20.8 Å². The van der Waals surface area contributed by atoms with E-state index < -0.39 is 34.8 Å². The maximum atomic E-state index is 15.2. The Labute approximate surface area is 142 Å². The predicted molar refractivity (Wildman–Crippen MR) is 86.1 cm³/mol. The fourth-order valence-corrected chi connectivity index (χ4v) is 5.56. The van der Waals surface area contributed by atoms with Crippen LogP contribution in [0.15, 0.2) is 0 Å². The van der Waals surface area contributed by atoms with E-state index >= 15 is 4.39 Å². The van der Waals surface area contributed by atoms with Gasteiger partial charge in [0.2, 0.25) is 0 Å². The van der Waals surface area contributed by atoms with Crippen LogP contribution < -0.4 is 5.32 Å². The van der Waals surface area contributed by atoms with E-state index in [1.807, 2.05) is 0 Å². The minimum absolute atomic E-state index is 0.295. The number of amides is 1. The summed E-state index contributed by atoms with van der Waals surface area (Å²) in [6.07, 6.45) is 3.42. The molecule has 4 saturated carbocycles. The summed E-state index contributed by atoms with van der Waals surface area (Å²) in [5.41, 5.74) is -2.41. The van der Waals surface area contributed by atoms with E-state index in [0.29, 0.717) is 31.1 Å². The van der Waals surface area contributed by atoms with Crippen molar-refractivity contribution in [1.82, 2.24) is 5.32 Å². The second-order valence-corrected chi connectivity index (χ2v) is 9.08. The molecule has 0 heterocycles. The van der Waals surface area contributed by atoms with Crippen molar-refractivity contribution in [2.45, 2.75) is 76.6 Å². The summed E-state index contributed by atoms with van der Waals surface area (Å²) in [6, 6.07) is -0.849. The summed E-state index contributed by atoms with van der Waals surface area (Å²) in [6.45, 7) is 5.29. The van der Waals surface area contributed by atoms with Crippen molar-refractivity contribution in [3.05, 3.63) is 0 Å². The lowest BCUT2D eigenvalue weighted by molar-refractivity contribution is -0.165. The largest absolute Gasteiger partial charge is 0.467 e. The van der Waals surface area contributed by atoms with Gasteiger partial charge >= 0.3 is 12.1 Å². The first-order valence-corrected chi connectivity index (χ1v) is 8.80. The summed E-state index contributed by atoms with van der Waals surface area (Å²) in [7, 11) is 1.30. The third-order valence-corrected chi connectivity index (χ3v) is 5.75. The number of hydrogen-bond acceptors (Lipinski definition) is 4. The molecule has 4 fully saturated rings. The Morgan fingerprint density at radius 3 is 2.21 bits per heavy atom. The molecule has 4 aliphatic carbocycles. The van der Waals surface area contributed by atoms with Gasteiger partial charge in [-0.3, -0.25) is 0 Å². The maximum Gasteiger partial charge on any atom is 0.408 e.